The van der Waals surface area contributed by atoms with Crippen LogP contribution in [-0.2, 0) is 11.8 Å². The van der Waals surface area contributed by atoms with Crippen LogP contribution < -0.4 is 5.32 Å². The largest absolute Gasteiger partial charge is 0.481 e. The van der Waals surface area contributed by atoms with Gasteiger partial charge in [-0.05, 0) is 5.92 Å². The quantitative estimate of drug-likeness (QED) is 0.561. The standard InChI is InChI=1S/C10H16N4O4/c1-3-7(4-9(15)16)5-11-10-8(14(17)18)6-13(2)12-10/h6-7H,3-5H2,1-2H3,(H,11,12)(H,15,16). The summed E-state index contributed by atoms with van der Waals surface area (Å²) in [5.74, 6) is -0.783. The van der Waals surface area contributed by atoms with Crippen LogP contribution in [0.1, 0.15) is 19.8 Å². The number of hydrogen-bond acceptors (Lipinski definition) is 5. The molecule has 1 unspecified atom stereocenters. The molecule has 1 heterocycles. The van der Waals surface area contributed by atoms with Gasteiger partial charge in [0.1, 0.15) is 6.20 Å². The first-order valence-corrected chi connectivity index (χ1v) is 5.57. The molecule has 0 amide bonds. The van der Waals surface area contributed by atoms with Crippen LogP contribution in [0.2, 0.25) is 0 Å². The van der Waals surface area contributed by atoms with E-state index in [1.165, 1.54) is 10.9 Å². The molecule has 0 aromatic carbocycles. The van der Waals surface area contributed by atoms with Gasteiger partial charge in [0.25, 0.3) is 0 Å². The lowest BCUT2D eigenvalue weighted by Crippen LogP contribution is -2.18. The molecule has 0 aliphatic carbocycles. The smallest absolute Gasteiger partial charge is 0.330 e. The van der Waals surface area contributed by atoms with Crippen molar-refractivity contribution in [2.75, 3.05) is 11.9 Å². The van der Waals surface area contributed by atoms with Gasteiger partial charge in [-0.1, -0.05) is 13.3 Å². The number of aliphatic carboxylic acids is 1. The highest BCUT2D eigenvalue weighted by atomic mass is 16.6. The van der Waals surface area contributed by atoms with Gasteiger partial charge in [0.15, 0.2) is 0 Å². The Labute approximate surface area is 104 Å². The van der Waals surface area contributed by atoms with Gasteiger partial charge in [-0.3, -0.25) is 19.6 Å². The van der Waals surface area contributed by atoms with Crippen LogP contribution in [0.5, 0.6) is 0 Å². The summed E-state index contributed by atoms with van der Waals surface area (Å²) in [5, 5.41) is 26.2. The van der Waals surface area contributed by atoms with Crippen molar-refractivity contribution >= 4 is 17.5 Å². The fourth-order valence-electron chi connectivity index (χ4n) is 1.58. The van der Waals surface area contributed by atoms with E-state index in [0.717, 1.165) is 0 Å². The third kappa shape index (κ3) is 3.72. The summed E-state index contributed by atoms with van der Waals surface area (Å²) in [6, 6.07) is 0. The minimum atomic E-state index is -0.876. The summed E-state index contributed by atoms with van der Waals surface area (Å²) < 4.78 is 1.35. The van der Waals surface area contributed by atoms with Gasteiger partial charge in [-0.25, -0.2) is 0 Å². The van der Waals surface area contributed by atoms with E-state index in [0.29, 0.717) is 13.0 Å². The van der Waals surface area contributed by atoms with E-state index in [9.17, 15) is 14.9 Å². The average Bonchev–Trinajstić information content (AvgIpc) is 2.65. The number of carboxylic acid groups (broad SMARTS) is 1. The van der Waals surface area contributed by atoms with Crippen molar-refractivity contribution in [2.45, 2.75) is 19.8 Å². The number of carbonyl (C=O) groups is 1. The molecule has 2 N–H and O–H groups in total. The Hall–Kier alpha value is -2.12. The highest BCUT2D eigenvalue weighted by Gasteiger charge is 2.19. The van der Waals surface area contributed by atoms with Gasteiger partial charge in [0, 0.05) is 20.0 Å². The summed E-state index contributed by atoms with van der Waals surface area (Å²) in [7, 11) is 1.59. The number of anilines is 1. The summed E-state index contributed by atoms with van der Waals surface area (Å²) in [6.45, 7) is 2.22. The van der Waals surface area contributed by atoms with Crippen molar-refractivity contribution in [3.05, 3.63) is 16.3 Å². The zero-order valence-corrected chi connectivity index (χ0v) is 10.3. The van der Waals surface area contributed by atoms with Crippen LogP contribution in [-0.4, -0.2) is 32.3 Å². The average molecular weight is 256 g/mol. The molecule has 0 spiro atoms. The number of nitrogens with one attached hydrogen (secondary N) is 1. The molecule has 1 aromatic heterocycles. The highest BCUT2D eigenvalue weighted by molar-refractivity contribution is 5.67. The van der Waals surface area contributed by atoms with Crippen molar-refractivity contribution in [2.24, 2.45) is 13.0 Å². The molecule has 0 fully saturated rings. The topological polar surface area (TPSA) is 110 Å². The molecule has 18 heavy (non-hydrogen) atoms. The molecule has 8 nitrogen and oxygen atoms in total. The first-order valence-electron chi connectivity index (χ1n) is 5.57. The van der Waals surface area contributed by atoms with Crippen molar-refractivity contribution in [3.63, 3.8) is 0 Å². The van der Waals surface area contributed by atoms with Crippen molar-refractivity contribution in [3.8, 4) is 0 Å². The Kier molecular flexibility index (Phi) is 4.64. The number of aryl methyl sites for hydroxylation is 1. The first kappa shape index (κ1) is 13.9. The van der Waals surface area contributed by atoms with Crippen molar-refractivity contribution < 1.29 is 14.8 Å². The van der Waals surface area contributed by atoms with E-state index in [1.807, 2.05) is 6.92 Å². The van der Waals surface area contributed by atoms with E-state index >= 15 is 0 Å². The van der Waals surface area contributed by atoms with E-state index in [-0.39, 0.29) is 23.8 Å². The SMILES string of the molecule is CCC(CNc1nn(C)cc1[N+](=O)[O-])CC(=O)O. The van der Waals surface area contributed by atoms with Crippen LogP contribution in [0, 0.1) is 16.0 Å². The Bertz CT molecular complexity index is 443. The van der Waals surface area contributed by atoms with Gasteiger partial charge in [0.05, 0.1) is 4.92 Å². The lowest BCUT2D eigenvalue weighted by Gasteiger charge is -2.12. The summed E-state index contributed by atoms with van der Waals surface area (Å²) >= 11 is 0. The third-order valence-electron chi connectivity index (χ3n) is 2.60. The number of aromatic nitrogens is 2. The van der Waals surface area contributed by atoms with Crippen molar-refractivity contribution in [1.82, 2.24) is 9.78 Å². The molecule has 8 heteroatoms. The Morgan fingerprint density at radius 2 is 2.39 bits per heavy atom. The molecule has 0 saturated carbocycles. The minimum Gasteiger partial charge on any atom is -0.481 e. The molecule has 0 radical (unpaired) electrons. The Morgan fingerprint density at radius 3 is 2.89 bits per heavy atom. The predicted octanol–water partition coefficient (Wildman–Crippen LogP) is 1.24. The molecule has 1 rings (SSSR count). The maximum Gasteiger partial charge on any atom is 0.330 e. The molecule has 100 valence electrons. The lowest BCUT2D eigenvalue weighted by molar-refractivity contribution is -0.384. The lowest BCUT2D eigenvalue weighted by atomic mass is 10.0. The Morgan fingerprint density at radius 1 is 1.72 bits per heavy atom. The number of nitrogens with zero attached hydrogens (tertiary/aromatic N) is 3. The number of carboxylic acids is 1. The molecule has 1 aromatic rings. The summed E-state index contributed by atoms with van der Waals surface area (Å²) in [6.07, 6.45) is 2.02. The van der Waals surface area contributed by atoms with E-state index < -0.39 is 10.9 Å². The van der Waals surface area contributed by atoms with E-state index in [1.54, 1.807) is 7.05 Å². The number of nitro groups is 1. The van der Waals surface area contributed by atoms with Crippen molar-refractivity contribution in [1.29, 1.82) is 0 Å². The minimum absolute atomic E-state index is 0.0319. The van der Waals surface area contributed by atoms with Crippen LogP contribution in [0.25, 0.3) is 0 Å². The monoisotopic (exact) mass is 256 g/mol. The fourth-order valence-corrected chi connectivity index (χ4v) is 1.58. The fraction of sp³-hybridized carbons (Fsp3) is 0.600. The number of rotatable bonds is 7. The van der Waals surface area contributed by atoms with Crippen LogP contribution in [0.4, 0.5) is 11.5 Å². The maximum atomic E-state index is 10.7. The van der Waals surface area contributed by atoms with Crippen LogP contribution in [0.3, 0.4) is 0 Å². The van der Waals surface area contributed by atoms with Gasteiger partial charge in [-0.15, -0.1) is 5.10 Å². The Balaban J connectivity index is 2.67. The summed E-state index contributed by atoms with van der Waals surface area (Å²) in [5.41, 5.74) is -0.109. The maximum absolute atomic E-state index is 10.7. The molecule has 0 aliphatic heterocycles. The van der Waals surface area contributed by atoms with E-state index in [2.05, 4.69) is 10.4 Å². The second kappa shape index (κ2) is 5.99. The summed E-state index contributed by atoms with van der Waals surface area (Å²) in [4.78, 5) is 20.8. The number of hydrogen-bond donors (Lipinski definition) is 2. The zero-order chi connectivity index (χ0) is 13.7. The molecule has 0 aliphatic rings. The van der Waals surface area contributed by atoms with Crippen LogP contribution in [0.15, 0.2) is 6.20 Å². The van der Waals surface area contributed by atoms with Gasteiger partial charge in [0.2, 0.25) is 5.82 Å². The molecule has 0 saturated heterocycles. The van der Waals surface area contributed by atoms with E-state index in [4.69, 9.17) is 5.11 Å². The molecular weight excluding hydrogens is 240 g/mol. The zero-order valence-electron chi connectivity index (χ0n) is 10.3. The molecular formula is C10H16N4O4. The highest BCUT2D eigenvalue weighted by Crippen LogP contribution is 2.22. The van der Waals surface area contributed by atoms with Gasteiger partial charge in [-0.2, -0.15) is 0 Å². The first-order chi connectivity index (χ1) is 8.43. The van der Waals surface area contributed by atoms with Crippen LogP contribution >= 0.6 is 0 Å². The molecule has 1 atom stereocenters. The normalized spacial score (nSPS) is 12.1. The molecule has 0 bridgehead atoms. The van der Waals surface area contributed by atoms with Gasteiger partial charge >= 0.3 is 11.7 Å². The predicted molar refractivity (Wildman–Crippen MR) is 64.4 cm³/mol. The second-order valence-electron chi connectivity index (χ2n) is 4.05. The van der Waals surface area contributed by atoms with Gasteiger partial charge < -0.3 is 10.4 Å². The second-order valence-corrected chi connectivity index (χ2v) is 4.05. The third-order valence-corrected chi connectivity index (χ3v) is 2.60.